The molecule has 1 saturated carbocycles. The minimum absolute atomic E-state index is 0.197. The van der Waals surface area contributed by atoms with Crippen molar-refractivity contribution < 1.29 is 0 Å². The van der Waals surface area contributed by atoms with Crippen LogP contribution in [0.2, 0.25) is 0 Å². The first-order valence-electron chi connectivity index (χ1n) is 7.69. The maximum Gasteiger partial charge on any atom is 0.250 e. The summed E-state index contributed by atoms with van der Waals surface area (Å²) in [4.78, 5) is 12.2. The van der Waals surface area contributed by atoms with Gasteiger partial charge in [0.05, 0.1) is 0 Å². The zero-order valence-corrected chi connectivity index (χ0v) is 11.8. The normalized spacial score (nSPS) is 23.5. The lowest BCUT2D eigenvalue weighted by atomic mass is 9.90. The lowest BCUT2D eigenvalue weighted by Gasteiger charge is -2.28. The molecule has 1 N–H and O–H groups in total. The van der Waals surface area contributed by atoms with Crippen molar-refractivity contribution >= 4 is 0 Å². The number of fused-ring (bicyclic) bond motifs is 1. The van der Waals surface area contributed by atoms with Gasteiger partial charge in [0, 0.05) is 24.3 Å². The average molecular weight is 260 g/mol. The van der Waals surface area contributed by atoms with Gasteiger partial charge in [-0.3, -0.25) is 4.79 Å². The van der Waals surface area contributed by atoms with Crippen molar-refractivity contribution in [3.63, 3.8) is 0 Å². The molecule has 1 aromatic heterocycles. The maximum absolute atomic E-state index is 12.2. The van der Waals surface area contributed by atoms with Gasteiger partial charge in [-0.05, 0) is 50.6 Å². The van der Waals surface area contributed by atoms with E-state index < -0.39 is 0 Å². The molecule has 3 heteroatoms. The number of pyridine rings is 1. The molecule has 3 rings (SSSR count). The average Bonchev–Trinajstić information content (AvgIpc) is 2.94. The predicted molar refractivity (Wildman–Crippen MR) is 77.4 cm³/mol. The van der Waals surface area contributed by atoms with Crippen molar-refractivity contribution in [3.05, 3.63) is 33.7 Å². The summed E-state index contributed by atoms with van der Waals surface area (Å²) in [6.07, 6.45) is 8.71. The molecule has 0 radical (unpaired) electrons. The molecule has 1 heterocycles. The van der Waals surface area contributed by atoms with E-state index in [0.717, 1.165) is 18.9 Å². The van der Waals surface area contributed by atoms with Crippen LogP contribution in [0.1, 0.15) is 55.8 Å². The van der Waals surface area contributed by atoms with E-state index in [-0.39, 0.29) is 5.56 Å². The first-order chi connectivity index (χ1) is 9.29. The predicted octanol–water partition coefficient (Wildman–Crippen LogP) is 2.64. The van der Waals surface area contributed by atoms with Crippen LogP contribution in [-0.2, 0) is 13.0 Å². The number of aromatic nitrogens is 1. The summed E-state index contributed by atoms with van der Waals surface area (Å²) in [5.74, 6) is 0.721. The van der Waals surface area contributed by atoms with Crippen molar-refractivity contribution in [2.45, 2.75) is 57.5 Å². The molecule has 19 heavy (non-hydrogen) atoms. The summed E-state index contributed by atoms with van der Waals surface area (Å²) < 4.78 is 2.08. The fourth-order valence-electron chi connectivity index (χ4n) is 3.81. The van der Waals surface area contributed by atoms with Crippen molar-refractivity contribution in [1.82, 2.24) is 9.88 Å². The van der Waals surface area contributed by atoms with E-state index in [1.807, 2.05) is 13.1 Å². The summed E-state index contributed by atoms with van der Waals surface area (Å²) in [6, 6.07) is 4.24. The van der Waals surface area contributed by atoms with E-state index in [2.05, 4.69) is 9.88 Å². The Morgan fingerprint density at radius 2 is 2.00 bits per heavy atom. The Labute approximate surface area is 115 Å². The molecule has 0 aliphatic heterocycles. The van der Waals surface area contributed by atoms with Crippen molar-refractivity contribution in [2.75, 3.05) is 7.05 Å². The minimum Gasteiger partial charge on any atom is -0.313 e. The molecule has 1 unspecified atom stereocenters. The molecule has 0 spiro atoms. The van der Waals surface area contributed by atoms with Crippen LogP contribution in [0.5, 0.6) is 0 Å². The van der Waals surface area contributed by atoms with E-state index in [4.69, 9.17) is 0 Å². The van der Waals surface area contributed by atoms with Crippen LogP contribution in [0.15, 0.2) is 16.9 Å². The SMILES string of the molecule is CNC1CCCc2c1ccc(=O)n2CC1CCCC1. The van der Waals surface area contributed by atoms with Gasteiger partial charge in [0.2, 0.25) is 0 Å². The third-order valence-corrected chi connectivity index (χ3v) is 4.88. The van der Waals surface area contributed by atoms with Crippen LogP contribution in [0.3, 0.4) is 0 Å². The summed E-state index contributed by atoms with van der Waals surface area (Å²) >= 11 is 0. The van der Waals surface area contributed by atoms with Gasteiger partial charge < -0.3 is 9.88 Å². The van der Waals surface area contributed by atoms with Crippen LogP contribution in [0.25, 0.3) is 0 Å². The molecular weight excluding hydrogens is 236 g/mol. The van der Waals surface area contributed by atoms with E-state index in [9.17, 15) is 4.79 Å². The molecule has 3 nitrogen and oxygen atoms in total. The van der Waals surface area contributed by atoms with Gasteiger partial charge in [-0.25, -0.2) is 0 Å². The van der Waals surface area contributed by atoms with Gasteiger partial charge >= 0.3 is 0 Å². The first-order valence-corrected chi connectivity index (χ1v) is 7.69. The number of hydrogen-bond acceptors (Lipinski definition) is 2. The van der Waals surface area contributed by atoms with Crippen molar-refractivity contribution in [2.24, 2.45) is 5.92 Å². The Hall–Kier alpha value is -1.09. The Balaban J connectivity index is 1.95. The lowest BCUT2D eigenvalue weighted by Crippen LogP contribution is -2.31. The minimum atomic E-state index is 0.197. The topological polar surface area (TPSA) is 34.0 Å². The second-order valence-corrected chi connectivity index (χ2v) is 6.07. The Morgan fingerprint density at radius 1 is 1.21 bits per heavy atom. The molecule has 0 bridgehead atoms. The standard InChI is InChI=1S/C16H24N2O/c1-17-14-7-4-8-15-13(14)9-10-16(19)18(15)11-12-5-2-3-6-12/h9-10,12,14,17H,2-8,11H2,1H3. The highest BCUT2D eigenvalue weighted by Crippen LogP contribution is 2.31. The van der Waals surface area contributed by atoms with Crippen LogP contribution in [-0.4, -0.2) is 11.6 Å². The molecular formula is C16H24N2O. The summed E-state index contributed by atoms with van der Waals surface area (Å²) in [6.45, 7) is 0.943. The molecule has 1 atom stereocenters. The van der Waals surface area contributed by atoms with Crippen LogP contribution in [0, 0.1) is 5.92 Å². The quantitative estimate of drug-likeness (QED) is 0.906. The molecule has 104 valence electrons. The smallest absolute Gasteiger partial charge is 0.250 e. The summed E-state index contributed by atoms with van der Waals surface area (Å²) in [5, 5.41) is 3.39. The summed E-state index contributed by atoms with van der Waals surface area (Å²) in [5.41, 5.74) is 2.85. The fourth-order valence-corrected chi connectivity index (χ4v) is 3.81. The van der Waals surface area contributed by atoms with Crippen LogP contribution in [0.4, 0.5) is 0 Å². The molecule has 0 saturated heterocycles. The van der Waals surface area contributed by atoms with E-state index in [1.165, 1.54) is 49.8 Å². The van der Waals surface area contributed by atoms with Crippen LogP contribution < -0.4 is 10.9 Å². The Kier molecular flexibility index (Phi) is 3.74. The van der Waals surface area contributed by atoms with Crippen molar-refractivity contribution in [3.8, 4) is 0 Å². The highest BCUT2D eigenvalue weighted by atomic mass is 16.1. The van der Waals surface area contributed by atoms with E-state index in [0.29, 0.717) is 6.04 Å². The molecule has 2 aliphatic carbocycles. The van der Waals surface area contributed by atoms with Gasteiger partial charge in [-0.2, -0.15) is 0 Å². The third-order valence-electron chi connectivity index (χ3n) is 4.88. The number of nitrogens with zero attached hydrogens (tertiary/aromatic N) is 1. The van der Waals surface area contributed by atoms with Crippen LogP contribution >= 0.6 is 0 Å². The monoisotopic (exact) mass is 260 g/mol. The maximum atomic E-state index is 12.2. The number of hydrogen-bond donors (Lipinski definition) is 1. The number of nitrogens with one attached hydrogen (secondary N) is 1. The third kappa shape index (κ3) is 2.48. The number of rotatable bonds is 3. The first kappa shape index (κ1) is 12.9. The second-order valence-electron chi connectivity index (χ2n) is 6.07. The molecule has 0 amide bonds. The zero-order valence-electron chi connectivity index (χ0n) is 11.8. The molecule has 0 aromatic carbocycles. The molecule has 2 aliphatic rings. The van der Waals surface area contributed by atoms with Gasteiger partial charge in [0.25, 0.3) is 5.56 Å². The lowest BCUT2D eigenvalue weighted by molar-refractivity contribution is 0.413. The van der Waals surface area contributed by atoms with Gasteiger partial charge in [-0.15, -0.1) is 0 Å². The molecule has 1 fully saturated rings. The van der Waals surface area contributed by atoms with Gasteiger partial charge in [0.1, 0.15) is 0 Å². The van der Waals surface area contributed by atoms with Crippen molar-refractivity contribution in [1.29, 1.82) is 0 Å². The van der Waals surface area contributed by atoms with Gasteiger partial charge in [0.15, 0.2) is 0 Å². The molecule has 1 aromatic rings. The largest absolute Gasteiger partial charge is 0.313 e. The van der Waals surface area contributed by atoms with E-state index >= 15 is 0 Å². The highest BCUT2D eigenvalue weighted by molar-refractivity contribution is 5.27. The Morgan fingerprint density at radius 3 is 2.74 bits per heavy atom. The van der Waals surface area contributed by atoms with E-state index in [1.54, 1.807) is 6.07 Å². The van der Waals surface area contributed by atoms with Gasteiger partial charge in [-0.1, -0.05) is 18.9 Å². The Bertz CT molecular complexity index is 500. The summed E-state index contributed by atoms with van der Waals surface area (Å²) in [7, 11) is 2.02. The second kappa shape index (κ2) is 5.49. The highest BCUT2D eigenvalue weighted by Gasteiger charge is 2.24. The zero-order chi connectivity index (χ0) is 13.2. The fraction of sp³-hybridized carbons (Fsp3) is 0.688.